The summed E-state index contributed by atoms with van der Waals surface area (Å²) in [6, 6.07) is 14.7. The molecule has 2 aromatic carbocycles. The molecule has 1 atom stereocenters. The highest BCUT2D eigenvalue weighted by Crippen LogP contribution is 2.37. The van der Waals surface area contributed by atoms with Gasteiger partial charge in [0, 0.05) is 30.4 Å². The Morgan fingerprint density at radius 3 is 3.05 bits per heavy atom. The van der Waals surface area contributed by atoms with Gasteiger partial charge in [0.15, 0.2) is 0 Å². The second-order valence-electron chi connectivity index (χ2n) is 5.96. The van der Waals surface area contributed by atoms with E-state index in [2.05, 4.69) is 35.2 Å². The van der Waals surface area contributed by atoms with Crippen LogP contribution < -0.4 is 15.4 Å². The number of nitrogens with two attached hydrogens (primary N) is 1. The number of ether oxygens (including phenoxy) is 1. The van der Waals surface area contributed by atoms with Crippen molar-refractivity contribution >= 4 is 11.4 Å². The van der Waals surface area contributed by atoms with Crippen LogP contribution in [-0.4, -0.2) is 19.7 Å². The van der Waals surface area contributed by atoms with Gasteiger partial charge in [0.05, 0.1) is 6.61 Å². The molecule has 108 valence electrons. The average molecular weight is 280 g/mol. The van der Waals surface area contributed by atoms with Crippen LogP contribution in [0.25, 0.3) is 0 Å². The minimum atomic E-state index is 0.544. The first-order valence-corrected chi connectivity index (χ1v) is 7.66. The van der Waals surface area contributed by atoms with Crippen molar-refractivity contribution in [3.05, 3.63) is 53.6 Å². The van der Waals surface area contributed by atoms with Crippen LogP contribution in [0.4, 0.5) is 11.4 Å². The summed E-state index contributed by atoms with van der Waals surface area (Å²) in [4.78, 5) is 2.48. The van der Waals surface area contributed by atoms with E-state index in [0.29, 0.717) is 5.92 Å². The largest absolute Gasteiger partial charge is 0.493 e. The van der Waals surface area contributed by atoms with Crippen LogP contribution in [0, 0.1) is 0 Å². The van der Waals surface area contributed by atoms with E-state index >= 15 is 0 Å². The van der Waals surface area contributed by atoms with Crippen molar-refractivity contribution in [3.8, 4) is 5.75 Å². The van der Waals surface area contributed by atoms with Crippen LogP contribution in [0.5, 0.6) is 5.75 Å². The Balaban J connectivity index is 1.60. The van der Waals surface area contributed by atoms with Gasteiger partial charge in [0.2, 0.25) is 0 Å². The maximum absolute atomic E-state index is 5.96. The predicted molar refractivity (Wildman–Crippen MR) is 86.1 cm³/mol. The fourth-order valence-corrected chi connectivity index (χ4v) is 3.52. The number of nitrogens with zero attached hydrogens (tertiary/aromatic N) is 1. The quantitative estimate of drug-likeness (QED) is 0.859. The zero-order valence-corrected chi connectivity index (χ0v) is 12.1. The Morgan fingerprint density at radius 2 is 2.10 bits per heavy atom. The second kappa shape index (κ2) is 4.99. The number of benzene rings is 2. The molecule has 1 unspecified atom stereocenters. The molecule has 0 fully saturated rings. The molecule has 0 saturated heterocycles. The number of rotatable bonds is 2. The van der Waals surface area contributed by atoms with Crippen molar-refractivity contribution in [1.82, 2.24) is 0 Å². The number of para-hydroxylation sites is 1. The van der Waals surface area contributed by atoms with E-state index < -0.39 is 0 Å². The van der Waals surface area contributed by atoms with Gasteiger partial charge in [-0.05, 0) is 42.2 Å². The van der Waals surface area contributed by atoms with Crippen LogP contribution in [0.2, 0.25) is 0 Å². The molecule has 2 aromatic rings. The molecule has 3 heteroatoms. The Kier molecular flexibility index (Phi) is 2.99. The lowest BCUT2D eigenvalue weighted by atomic mass is 9.92. The lowest BCUT2D eigenvalue weighted by Gasteiger charge is -2.30. The summed E-state index contributed by atoms with van der Waals surface area (Å²) in [5, 5.41) is 0. The molecule has 2 aliphatic rings. The highest BCUT2D eigenvalue weighted by molar-refractivity contribution is 5.64. The van der Waals surface area contributed by atoms with E-state index in [1.54, 1.807) is 0 Å². The zero-order chi connectivity index (χ0) is 14.2. The molecular formula is C18H20N2O. The molecular weight excluding hydrogens is 260 g/mol. The standard InChI is InChI=1S/C18H20N2O/c19-15-6-5-13-7-9-20(17(13)11-15)12-14-8-10-21-18-4-2-1-3-16(14)18/h1-6,11,14H,7-10,12,19H2. The first-order valence-electron chi connectivity index (χ1n) is 7.66. The van der Waals surface area contributed by atoms with Crippen molar-refractivity contribution in [1.29, 1.82) is 0 Å². The maximum atomic E-state index is 5.96. The van der Waals surface area contributed by atoms with Crippen molar-refractivity contribution < 1.29 is 4.74 Å². The number of hydrogen-bond donors (Lipinski definition) is 1. The summed E-state index contributed by atoms with van der Waals surface area (Å²) in [5.74, 6) is 1.60. The van der Waals surface area contributed by atoms with Gasteiger partial charge < -0.3 is 15.4 Å². The highest BCUT2D eigenvalue weighted by atomic mass is 16.5. The van der Waals surface area contributed by atoms with Gasteiger partial charge in [-0.2, -0.15) is 0 Å². The molecule has 0 bridgehead atoms. The zero-order valence-electron chi connectivity index (χ0n) is 12.1. The fraction of sp³-hybridized carbons (Fsp3) is 0.333. The molecule has 0 radical (unpaired) electrons. The summed E-state index contributed by atoms with van der Waals surface area (Å²) in [6.45, 7) is 2.97. The van der Waals surface area contributed by atoms with Gasteiger partial charge in [-0.1, -0.05) is 24.3 Å². The van der Waals surface area contributed by atoms with Crippen molar-refractivity contribution in [2.24, 2.45) is 0 Å². The Bertz CT molecular complexity index is 668. The van der Waals surface area contributed by atoms with E-state index in [-0.39, 0.29) is 0 Å². The number of fused-ring (bicyclic) bond motifs is 2. The van der Waals surface area contributed by atoms with Crippen LogP contribution in [0.1, 0.15) is 23.5 Å². The predicted octanol–water partition coefficient (Wildman–Crippen LogP) is 3.20. The lowest BCUT2D eigenvalue weighted by Crippen LogP contribution is -2.29. The van der Waals surface area contributed by atoms with Gasteiger partial charge >= 0.3 is 0 Å². The van der Waals surface area contributed by atoms with Crippen molar-refractivity contribution in [2.45, 2.75) is 18.8 Å². The first-order chi connectivity index (χ1) is 10.3. The topological polar surface area (TPSA) is 38.5 Å². The lowest BCUT2D eigenvalue weighted by molar-refractivity contribution is 0.268. The van der Waals surface area contributed by atoms with Gasteiger partial charge in [0.25, 0.3) is 0 Å². The average Bonchev–Trinajstić information content (AvgIpc) is 2.90. The van der Waals surface area contributed by atoms with Crippen molar-refractivity contribution in [3.63, 3.8) is 0 Å². The highest BCUT2D eigenvalue weighted by Gasteiger charge is 2.26. The van der Waals surface area contributed by atoms with Crippen LogP contribution in [-0.2, 0) is 6.42 Å². The molecule has 0 spiro atoms. The molecule has 21 heavy (non-hydrogen) atoms. The summed E-state index contributed by atoms with van der Waals surface area (Å²) >= 11 is 0. The summed E-state index contributed by atoms with van der Waals surface area (Å²) in [6.07, 6.45) is 2.21. The van der Waals surface area contributed by atoms with Gasteiger partial charge in [-0.15, -0.1) is 0 Å². The minimum Gasteiger partial charge on any atom is -0.493 e. The third-order valence-electron chi connectivity index (χ3n) is 4.62. The summed E-state index contributed by atoms with van der Waals surface area (Å²) < 4.78 is 5.77. The number of hydrogen-bond acceptors (Lipinski definition) is 3. The molecule has 2 heterocycles. The molecule has 2 aliphatic heterocycles. The Hall–Kier alpha value is -2.16. The molecule has 3 nitrogen and oxygen atoms in total. The summed E-state index contributed by atoms with van der Waals surface area (Å²) in [7, 11) is 0. The molecule has 2 N–H and O–H groups in total. The molecule has 4 rings (SSSR count). The van der Waals surface area contributed by atoms with E-state index in [1.165, 1.54) is 16.8 Å². The monoisotopic (exact) mass is 280 g/mol. The second-order valence-corrected chi connectivity index (χ2v) is 5.96. The van der Waals surface area contributed by atoms with E-state index in [0.717, 1.165) is 44.0 Å². The van der Waals surface area contributed by atoms with Crippen LogP contribution >= 0.6 is 0 Å². The normalized spacial score (nSPS) is 19.8. The molecule has 0 amide bonds. The molecule has 0 aromatic heterocycles. The van der Waals surface area contributed by atoms with Crippen LogP contribution in [0.15, 0.2) is 42.5 Å². The van der Waals surface area contributed by atoms with Gasteiger partial charge in [-0.25, -0.2) is 0 Å². The number of nitrogen functional groups attached to an aromatic ring is 1. The third-order valence-corrected chi connectivity index (χ3v) is 4.62. The Labute approximate surface area is 125 Å². The third kappa shape index (κ3) is 2.23. The smallest absolute Gasteiger partial charge is 0.122 e. The first kappa shape index (κ1) is 12.6. The SMILES string of the molecule is Nc1ccc2c(c1)N(CC1CCOc3ccccc31)CC2. The molecule has 0 saturated carbocycles. The fourth-order valence-electron chi connectivity index (χ4n) is 3.52. The minimum absolute atomic E-state index is 0.544. The van der Waals surface area contributed by atoms with Gasteiger partial charge in [-0.3, -0.25) is 0 Å². The van der Waals surface area contributed by atoms with Gasteiger partial charge in [0.1, 0.15) is 5.75 Å². The van der Waals surface area contributed by atoms with E-state index in [1.807, 2.05) is 12.1 Å². The molecule has 0 aliphatic carbocycles. The number of anilines is 2. The summed E-state index contributed by atoms with van der Waals surface area (Å²) in [5.41, 5.74) is 10.9. The maximum Gasteiger partial charge on any atom is 0.122 e. The van der Waals surface area contributed by atoms with E-state index in [4.69, 9.17) is 10.5 Å². The van der Waals surface area contributed by atoms with Crippen LogP contribution in [0.3, 0.4) is 0 Å². The van der Waals surface area contributed by atoms with Crippen molar-refractivity contribution in [2.75, 3.05) is 30.3 Å². The van der Waals surface area contributed by atoms with E-state index in [9.17, 15) is 0 Å². The Morgan fingerprint density at radius 1 is 1.19 bits per heavy atom.